The van der Waals surface area contributed by atoms with Crippen molar-refractivity contribution in [3.05, 3.63) is 0 Å². The van der Waals surface area contributed by atoms with Gasteiger partial charge >= 0.3 is 6.18 Å². The maximum atomic E-state index is 11.8. The van der Waals surface area contributed by atoms with Crippen LogP contribution in [0.25, 0.3) is 0 Å². The molecule has 1 amide bonds. The third kappa shape index (κ3) is 8.25. The monoisotopic (exact) mass is 285 g/mol. The average molecular weight is 285 g/mol. The zero-order chi connectivity index (χ0) is 15.1. The van der Waals surface area contributed by atoms with E-state index in [0.29, 0.717) is 0 Å². The van der Waals surface area contributed by atoms with Gasteiger partial charge in [-0.05, 0) is 13.8 Å². The Hall–Kier alpha value is -1.51. The Morgan fingerprint density at radius 1 is 1.47 bits per heavy atom. The molecular weight excluding hydrogens is 267 g/mol. The highest BCUT2D eigenvalue weighted by Crippen LogP contribution is 2.14. The van der Waals surface area contributed by atoms with E-state index in [1.807, 2.05) is 0 Å². The van der Waals surface area contributed by atoms with Crippen molar-refractivity contribution in [1.82, 2.24) is 4.90 Å². The smallest absolute Gasteiger partial charge is 0.409 e. The van der Waals surface area contributed by atoms with Gasteiger partial charge in [0.2, 0.25) is 5.91 Å². The first-order valence-corrected chi connectivity index (χ1v) is 5.57. The highest BCUT2D eigenvalue weighted by Gasteiger charge is 2.27. The lowest BCUT2D eigenvalue weighted by atomic mass is 10.2. The molecule has 112 valence electrons. The maximum Gasteiger partial charge on any atom is 0.411 e. The number of amides is 1. The van der Waals surface area contributed by atoms with Crippen LogP contribution in [-0.4, -0.2) is 53.8 Å². The highest BCUT2D eigenvalue weighted by atomic mass is 19.4. The largest absolute Gasteiger partial charge is 0.411 e. The fourth-order valence-corrected chi connectivity index (χ4v) is 1.26. The zero-order valence-electron chi connectivity index (χ0n) is 10.8. The Bertz CT molecular complexity index is 319. The predicted molar refractivity (Wildman–Crippen MR) is 61.7 cm³/mol. The van der Waals surface area contributed by atoms with Gasteiger partial charge in [0.25, 0.3) is 0 Å². The van der Waals surface area contributed by atoms with E-state index in [1.165, 1.54) is 4.90 Å². The molecule has 9 heteroatoms. The number of nitrogens with two attached hydrogens (primary N) is 1. The second-order valence-electron chi connectivity index (χ2n) is 4.12. The molecule has 0 aromatic rings. The minimum absolute atomic E-state index is 0.0910. The van der Waals surface area contributed by atoms with Gasteiger partial charge in [0.15, 0.2) is 5.84 Å². The van der Waals surface area contributed by atoms with E-state index in [1.54, 1.807) is 13.8 Å². The lowest BCUT2D eigenvalue weighted by molar-refractivity contribution is -0.175. The van der Waals surface area contributed by atoms with Crippen LogP contribution in [0.5, 0.6) is 0 Å². The van der Waals surface area contributed by atoms with E-state index in [0.717, 1.165) is 0 Å². The first-order valence-electron chi connectivity index (χ1n) is 5.57. The number of oxime groups is 1. The second kappa shape index (κ2) is 7.82. The molecule has 0 spiro atoms. The van der Waals surface area contributed by atoms with Crippen LogP contribution in [-0.2, 0) is 9.53 Å². The highest BCUT2D eigenvalue weighted by molar-refractivity contribution is 5.87. The molecule has 0 aliphatic rings. The van der Waals surface area contributed by atoms with Crippen molar-refractivity contribution >= 4 is 11.7 Å². The van der Waals surface area contributed by atoms with Crippen LogP contribution in [0.2, 0.25) is 0 Å². The number of nitrogens with zero attached hydrogens (tertiary/aromatic N) is 2. The third-order valence-electron chi connectivity index (χ3n) is 2.13. The fourth-order valence-electron chi connectivity index (χ4n) is 1.26. The molecule has 0 rings (SSSR count). The van der Waals surface area contributed by atoms with Gasteiger partial charge in [0.1, 0.15) is 6.61 Å². The summed E-state index contributed by atoms with van der Waals surface area (Å²) in [5.41, 5.74) is 5.29. The van der Waals surface area contributed by atoms with E-state index in [2.05, 4.69) is 9.89 Å². The number of carbonyl (C=O) groups excluding carboxylic acids is 1. The van der Waals surface area contributed by atoms with Gasteiger partial charge in [0, 0.05) is 6.04 Å². The third-order valence-corrected chi connectivity index (χ3v) is 2.13. The molecule has 0 saturated carbocycles. The lowest BCUT2D eigenvalue weighted by Crippen LogP contribution is -2.43. The standard InChI is InChI=1S/C10H18F3N3O3/c1-7(2)16(5-8(14)15-18)9(17)3-4-19-6-10(11,12)13/h7,18H,3-6H2,1-2H3,(H2,14,15). The van der Waals surface area contributed by atoms with Crippen molar-refractivity contribution in [3.8, 4) is 0 Å². The average Bonchev–Trinajstić information content (AvgIpc) is 2.29. The van der Waals surface area contributed by atoms with E-state index in [-0.39, 0.29) is 31.4 Å². The number of ether oxygens (including phenoxy) is 1. The summed E-state index contributed by atoms with van der Waals surface area (Å²) >= 11 is 0. The second-order valence-corrected chi connectivity index (χ2v) is 4.12. The molecule has 3 N–H and O–H groups in total. The van der Waals surface area contributed by atoms with Gasteiger partial charge in [-0.2, -0.15) is 13.2 Å². The number of hydrogen-bond donors (Lipinski definition) is 2. The number of halogens is 3. The van der Waals surface area contributed by atoms with E-state index in [4.69, 9.17) is 10.9 Å². The summed E-state index contributed by atoms with van der Waals surface area (Å²) in [7, 11) is 0. The molecule has 6 nitrogen and oxygen atoms in total. The van der Waals surface area contributed by atoms with Gasteiger partial charge < -0.3 is 20.6 Å². The Morgan fingerprint density at radius 3 is 2.47 bits per heavy atom. The zero-order valence-corrected chi connectivity index (χ0v) is 10.8. The van der Waals surface area contributed by atoms with Crippen molar-refractivity contribution in [2.24, 2.45) is 10.9 Å². The van der Waals surface area contributed by atoms with Gasteiger partial charge in [-0.25, -0.2) is 0 Å². The van der Waals surface area contributed by atoms with Crippen LogP contribution in [0.1, 0.15) is 20.3 Å². The molecule has 0 aliphatic heterocycles. The Labute approximate surface area is 109 Å². The number of rotatable bonds is 7. The molecule has 0 saturated heterocycles. The van der Waals surface area contributed by atoms with Crippen molar-refractivity contribution in [3.63, 3.8) is 0 Å². The number of hydrogen-bond acceptors (Lipinski definition) is 4. The van der Waals surface area contributed by atoms with Crippen molar-refractivity contribution in [2.75, 3.05) is 19.8 Å². The number of carbonyl (C=O) groups is 1. The molecular formula is C10H18F3N3O3. The quantitative estimate of drug-likeness (QED) is 0.239. The Kier molecular flexibility index (Phi) is 7.20. The van der Waals surface area contributed by atoms with Crippen LogP contribution in [0, 0.1) is 0 Å². The summed E-state index contributed by atoms with van der Waals surface area (Å²) in [6.45, 7) is 1.60. The van der Waals surface area contributed by atoms with Crippen LogP contribution in [0.3, 0.4) is 0 Å². The van der Waals surface area contributed by atoms with Gasteiger partial charge in [-0.15, -0.1) is 0 Å². The summed E-state index contributed by atoms with van der Waals surface area (Å²) in [6, 6.07) is -0.226. The van der Waals surface area contributed by atoms with Gasteiger partial charge in [0.05, 0.1) is 19.6 Å². The minimum atomic E-state index is -4.41. The molecule has 0 heterocycles. The molecule has 0 radical (unpaired) electrons. The van der Waals surface area contributed by atoms with E-state index < -0.39 is 18.7 Å². The Balaban J connectivity index is 4.20. The molecule has 0 aromatic heterocycles. The summed E-state index contributed by atoms with van der Waals surface area (Å²) in [5, 5.41) is 11.2. The van der Waals surface area contributed by atoms with Crippen LogP contribution in [0.4, 0.5) is 13.2 Å². The summed E-state index contributed by atoms with van der Waals surface area (Å²) in [6.07, 6.45) is -4.61. The van der Waals surface area contributed by atoms with Crippen molar-refractivity contribution in [1.29, 1.82) is 0 Å². The number of amidine groups is 1. The molecule has 0 atom stereocenters. The van der Waals surface area contributed by atoms with Gasteiger partial charge in [-0.1, -0.05) is 5.16 Å². The summed E-state index contributed by atoms with van der Waals surface area (Å²) in [4.78, 5) is 13.0. The molecule has 0 bridgehead atoms. The van der Waals surface area contributed by atoms with Crippen molar-refractivity contribution in [2.45, 2.75) is 32.5 Å². The van der Waals surface area contributed by atoms with Crippen LogP contribution in [0.15, 0.2) is 5.16 Å². The van der Waals surface area contributed by atoms with Gasteiger partial charge in [-0.3, -0.25) is 4.79 Å². The Morgan fingerprint density at radius 2 is 2.05 bits per heavy atom. The minimum Gasteiger partial charge on any atom is -0.409 e. The van der Waals surface area contributed by atoms with E-state index in [9.17, 15) is 18.0 Å². The van der Waals surface area contributed by atoms with Crippen molar-refractivity contribution < 1.29 is 27.9 Å². The molecule has 0 aliphatic carbocycles. The normalized spacial score (nSPS) is 12.8. The first-order chi connectivity index (χ1) is 8.67. The predicted octanol–water partition coefficient (Wildman–Crippen LogP) is 0.939. The first kappa shape index (κ1) is 17.5. The summed E-state index contributed by atoms with van der Waals surface area (Å²) in [5.74, 6) is -0.581. The SMILES string of the molecule is CC(C)N(CC(N)=NO)C(=O)CCOCC(F)(F)F. The molecule has 19 heavy (non-hydrogen) atoms. The number of alkyl halides is 3. The molecule has 0 fully saturated rings. The lowest BCUT2D eigenvalue weighted by Gasteiger charge is -2.26. The summed E-state index contributed by atoms with van der Waals surface area (Å²) < 4.78 is 39.8. The van der Waals surface area contributed by atoms with Crippen LogP contribution >= 0.6 is 0 Å². The van der Waals surface area contributed by atoms with E-state index >= 15 is 0 Å². The topological polar surface area (TPSA) is 88.1 Å². The maximum absolute atomic E-state index is 11.8. The fraction of sp³-hybridized carbons (Fsp3) is 0.800. The molecule has 0 aromatic carbocycles. The molecule has 0 unspecified atom stereocenters. The van der Waals surface area contributed by atoms with Crippen LogP contribution < -0.4 is 5.73 Å².